The number of carbonyl (C=O) groups excluding carboxylic acids is 2. The van der Waals surface area contributed by atoms with Crippen LogP contribution in [0.3, 0.4) is 0 Å². The minimum atomic E-state index is -0.450. The van der Waals surface area contributed by atoms with Crippen LogP contribution in [-0.2, 0) is 16.1 Å². The highest BCUT2D eigenvalue weighted by Crippen LogP contribution is 2.28. The summed E-state index contributed by atoms with van der Waals surface area (Å²) in [7, 11) is 0. The lowest BCUT2D eigenvalue weighted by Gasteiger charge is -2.34. The van der Waals surface area contributed by atoms with Crippen LogP contribution >= 0.6 is 0 Å². The third-order valence-corrected chi connectivity index (χ3v) is 5.60. The maximum Gasteiger partial charge on any atom is 0.241 e. The molecule has 0 saturated carbocycles. The summed E-state index contributed by atoms with van der Waals surface area (Å²) in [5.74, 6) is -0.629. The average Bonchev–Trinajstić information content (AvgIpc) is 3.16. The maximum absolute atomic E-state index is 14.3. The van der Waals surface area contributed by atoms with E-state index in [0.29, 0.717) is 25.2 Å². The predicted molar refractivity (Wildman–Crippen MR) is 109 cm³/mol. The van der Waals surface area contributed by atoms with Crippen LogP contribution < -0.4 is 10.2 Å². The Labute approximate surface area is 169 Å². The first kappa shape index (κ1) is 19.5. The number of pyridine rings is 1. The first-order valence-corrected chi connectivity index (χ1v) is 10.2. The van der Waals surface area contributed by atoms with E-state index in [1.165, 1.54) is 11.0 Å². The highest BCUT2D eigenvalue weighted by molar-refractivity contribution is 5.98. The number of piperidine rings is 1. The summed E-state index contributed by atoms with van der Waals surface area (Å²) in [5, 5.41) is 2.93. The van der Waals surface area contributed by atoms with Crippen molar-refractivity contribution in [3.63, 3.8) is 0 Å². The summed E-state index contributed by atoms with van der Waals surface area (Å²) < 4.78 is 14.3. The van der Waals surface area contributed by atoms with Gasteiger partial charge >= 0.3 is 0 Å². The van der Waals surface area contributed by atoms with Crippen LogP contribution in [0.25, 0.3) is 0 Å². The second kappa shape index (κ2) is 8.69. The first-order chi connectivity index (χ1) is 14.1. The molecule has 2 saturated heterocycles. The van der Waals surface area contributed by atoms with E-state index in [9.17, 15) is 14.0 Å². The number of likely N-dealkylation sites (tertiary alicyclic amines) is 1. The van der Waals surface area contributed by atoms with Crippen molar-refractivity contribution in [2.45, 2.75) is 44.7 Å². The lowest BCUT2D eigenvalue weighted by molar-refractivity contribution is -0.122. The number of carbonyl (C=O) groups is 2. The second-order valence-electron chi connectivity index (χ2n) is 7.65. The fourth-order valence-corrected chi connectivity index (χ4v) is 4.13. The molecule has 0 bridgehead atoms. The molecule has 2 amide bonds. The van der Waals surface area contributed by atoms with Gasteiger partial charge in [0, 0.05) is 37.6 Å². The van der Waals surface area contributed by atoms with Crippen molar-refractivity contribution < 1.29 is 14.0 Å². The molecule has 3 heterocycles. The molecule has 0 aliphatic carbocycles. The van der Waals surface area contributed by atoms with Gasteiger partial charge < -0.3 is 10.2 Å². The Bertz CT molecular complexity index is 890. The van der Waals surface area contributed by atoms with Gasteiger partial charge in [0.2, 0.25) is 11.8 Å². The maximum atomic E-state index is 14.3. The third kappa shape index (κ3) is 4.45. The topological polar surface area (TPSA) is 65.5 Å². The summed E-state index contributed by atoms with van der Waals surface area (Å²) in [6, 6.07) is 8.08. The van der Waals surface area contributed by atoms with E-state index in [0.717, 1.165) is 37.8 Å². The first-order valence-electron chi connectivity index (χ1n) is 10.2. The van der Waals surface area contributed by atoms with E-state index >= 15 is 0 Å². The molecular weight excluding hydrogens is 371 g/mol. The molecule has 6 nitrogen and oxygen atoms in total. The fraction of sp³-hybridized carbons (Fsp3) is 0.409. The normalized spacial score (nSPS) is 20.1. The zero-order valence-electron chi connectivity index (χ0n) is 16.3. The summed E-state index contributed by atoms with van der Waals surface area (Å²) in [4.78, 5) is 32.8. The molecule has 7 heteroatoms. The van der Waals surface area contributed by atoms with Gasteiger partial charge in [-0.15, -0.1) is 0 Å². The molecule has 152 valence electrons. The SMILES string of the molecule is O=C(Nc1ccc(F)c(N2CCCC2=O)c1)[C@H]1CCCCN1Cc1cccnc1. The number of halogens is 1. The Morgan fingerprint density at radius 2 is 2.10 bits per heavy atom. The van der Waals surface area contributed by atoms with E-state index in [2.05, 4.69) is 15.2 Å². The molecule has 2 aromatic rings. The molecule has 1 aromatic carbocycles. The molecule has 2 aliphatic heterocycles. The van der Waals surface area contributed by atoms with E-state index < -0.39 is 5.82 Å². The standard InChI is InChI=1S/C22H25FN4O2/c23-18-9-8-17(13-20(18)27-12-4-7-21(27)28)25-22(29)19-6-1-2-11-26(19)15-16-5-3-10-24-14-16/h3,5,8-10,13-14,19H,1-2,4,6-7,11-12,15H2,(H,25,29)/t19-/m1/s1. The second-order valence-corrected chi connectivity index (χ2v) is 7.65. The summed E-state index contributed by atoms with van der Waals surface area (Å²) in [6.07, 6.45) is 7.55. The van der Waals surface area contributed by atoms with E-state index in [1.54, 1.807) is 18.3 Å². The van der Waals surface area contributed by atoms with Crippen molar-refractivity contribution in [3.05, 3.63) is 54.1 Å². The number of benzene rings is 1. The number of rotatable bonds is 5. The van der Waals surface area contributed by atoms with Crippen LogP contribution in [0.1, 0.15) is 37.7 Å². The number of nitrogens with one attached hydrogen (secondary N) is 1. The summed E-state index contributed by atoms with van der Waals surface area (Å²) >= 11 is 0. The monoisotopic (exact) mass is 396 g/mol. The average molecular weight is 396 g/mol. The predicted octanol–water partition coefficient (Wildman–Crippen LogP) is 3.34. The number of hydrogen-bond donors (Lipinski definition) is 1. The van der Waals surface area contributed by atoms with Crippen LogP contribution in [0.15, 0.2) is 42.7 Å². The number of amides is 2. The van der Waals surface area contributed by atoms with E-state index in [1.807, 2.05) is 18.3 Å². The van der Waals surface area contributed by atoms with Crippen molar-refractivity contribution in [2.75, 3.05) is 23.3 Å². The number of hydrogen-bond acceptors (Lipinski definition) is 4. The van der Waals surface area contributed by atoms with E-state index in [-0.39, 0.29) is 23.5 Å². The molecule has 1 aromatic heterocycles. The van der Waals surface area contributed by atoms with Crippen LogP contribution in [0.5, 0.6) is 0 Å². The van der Waals surface area contributed by atoms with Gasteiger partial charge in [0.1, 0.15) is 5.82 Å². The van der Waals surface area contributed by atoms with Gasteiger partial charge in [0.15, 0.2) is 0 Å². The minimum Gasteiger partial charge on any atom is -0.325 e. The zero-order chi connectivity index (χ0) is 20.2. The third-order valence-electron chi connectivity index (χ3n) is 5.60. The Hall–Kier alpha value is -2.80. The quantitative estimate of drug-likeness (QED) is 0.842. The Morgan fingerprint density at radius 3 is 2.86 bits per heavy atom. The molecule has 1 atom stereocenters. The number of nitrogens with zero attached hydrogens (tertiary/aromatic N) is 3. The Balaban J connectivity index is 1.48. The van der Waals surface area contributed by atoms with Gasteiger partial charge in [-0.2, -0.15) is 0 Å². The molecule has 1 N–H and O–H groups in total. The largest absolute Gasteiger partial charge is 0.325 e. The van der Waals surface area contributed by atoms with Gasteiger partial charge in [0.05, 0.1) is 11.7 Å². The van der Waals surface area contributed by atoms with Crippen LogP contribution in [0.2, 0.25) is 0 Å². The molecule has 0 unspecified atom stereocenters. The van der Waals surface area contributed by atoms with Gasteiger partial charge in [-0.3, -0.25) is 19.5 Å². The van der Waals surface area contributed by atoms with Gasteiger partial charge in [-0.25, -0.2) is 4.39 Å². The molecule has 2 aliphatic rings. The lowest BCUT2D eigenvalue weighted by atomic mass is 10.0. The lowest BCUT2D eigenvalue weighted by Crippen LogP contribution is -2.46. The number of anilines is 2. The van der Waals surface area contributed by atoms with Crippen LogP contribution in [-0.4, -0.2) is 40.8 Å². The van der Waals surface area contributed by atoms with Gasteiger partial charge in [-0.1, -0.05) is 12.5 Å². The molecule has 29 heavy (non-hydrogen) atoms. The van der Waals surface area contributed by atoms with Crippen molar-refractivity contribution in [1.82, 2.24) is 9.88 Å². The summed E-state index contributed by atoms with van der Waals surface area (Å²) in [5.41, 5.74) is 1.82. The van der Waals surface area contributed by atoms with E-state index in [4.69, 9.17) is 0 Å². The van der Waals surface area contributed by atoms with Crippen molar-refractivity contribution in [2.24, 2.45) is 0 Å². The van der Waals surface area contributed by atoms with Crippen LogP contribution in [0, 0.1) is 5.82 Å². The number of aromatic nitrogens is 1. The van der Waals surface area contributed by atoms with Gasteiger partial charge in [0.25, 0.3) is 0 Å². The molecule has 0 radical (unpaired) electrons. The fourth-order valence-electron chi connectivity index (χ4n) is 4.13. The van der Waals surface area contributed by atoms with Crippen molar-refractivity contribution >= 4 is 23.2 Å². The van der Waals surface area contributed by atoms with Crippen molar-refractivity contribution in [1.29, 1.82) is 0 Å². The Kier molecular flexibility index (Phi) is 5.85. The highest BCUT2D eigenvalue weighted by Gasteiger charge is 2.29. The minimum absolute atomic E-state index is 0.0812. The van der Waals surface area contributed by atoms with Crippen LogP contribution in [0.4, 0.5) is 15.8 Å². The Morgan fingerprint density at radius 1 is 1.21 bits per heavy atom. The molecule has 4 rings (SSSR count). The van der Waals surface area contributed by atoms with Crippen molar-refractivity contribution in [3.8, 4) is 0 Å². The van der Waals surface area contributed by atoms with Gasteiger partial charge in [-0.05, 0) is 55.6 Å². The highest BCUT2D eigenvalue weighted by atomic mass is 19.1. The molecule has 0 spiro atoms. The smallest absolute Gasteiger partial charge is 0.241 e. The zero-order valence-corrected chi connectivity index (χ0v) is 16.3. The summed E-state index contributed by atoms with van der Waals surface area (Å²) in [6.45, 7) is 2.03. The molecule has 2 fully saturated rings. The molecular formula is C22H25FN4O2.